The van der Waals surface area contributed by atoms with Gasteiger partial charge in [0.1, 0.15) is 11.8 Å². The lowest BCUT2D eigenvalue weighted by Gasteiger charge is -2.17. The highest BCUT2D eigenvalue weighted by atomic mass is 16.6. The predicted molar refractivity (Wildman–Crippen MR) is 68.8 cm³/mol. The van der Waals surface area contributed by atoms with Crippen molar-refractivity contribution in [3.8, 4) is 0 Å². The average molecular weight is 263 g/mol. The molecule has 6 nitrogen and oxygen atoms in total. The zero-order valence-corrected chi connectivity index (χ0v) is 10.4. The van der Waals surface area contributed by atoms with Gasteiger partial charge in [-0.3, -0.25) is 4.79 Å². The summed E-state index contributed by atoms with van der Waals surface area (Å²) in [5.74, 6) is -0.321. The fraction of sp³-hybridized carbons (Fsp3) is 0.250. The standard InChI is InChI=1S/C12H14BNO5/c1-8(15)14-12(19-13(16)17)6-9-7-18-11-5-3-2-4-10(9)11/h2-5,7,12,16-17H,6H2,1H3,(H,14,15)/t12-/m1/s1. The first-order chi connectivity index (χ1) is 9.06. The van der Waals surface area contributed by atoms with Crippen LogP contribution in [0.2, 0.25) is 0 Å². The number of carbonyl (C=O) groups is 1. The molecule has 2 rings (SSSR count). The van der Waals surface area contributed by atoms with Crippen LogP contribution < -0.4 is 5.32 Å². The molecule has 1 heterocycles. The number of furan rings is 1. The third kappa shape index (κ3) is 3.57. The summed E-state index contributed by atoms with van der Waals surface area (Å²) in [5, 5.41) is 21.1. The van der Waals surface area contributed by atoms with Gasteiger partial charge in [0.25, 0.3) is 0 Å². The van der Waals surface area contributed by atoms with Gasteiger partial charge in [-0.15, -0.1) is 0 Å². The van der Waals surface area contributed by atoms with Gasteiger partial charge in [0, 0.05) is 24.3 Å². The third-order valence-corrected chi connectivity index (χ3v) is 2.62. The summed E-state index contributed by atoms with van der Waals surface area (Å²) in [7, 11) is -1.95. The number of amides is 1. The maximum absolute atomic E-state index is 11.0. The average Bonchev–Trinajstić information content (AvgIpc) is 2.71. The Hall–Kier alpha value is -1.83. The van der Waals surface area contributed by atoms with Gasteiger partial charge in [0.2, 0.25) is 5.91 Å². The fourth-order valence-electron chi connectivity index (χ4n) is 1.90. The summed E-state index contributed by atoms with van der Waals surface area (Å²) in [5.41, 5.74) is 1.54. The Morgan fingerprint density at radius 2 is 2.21 bits per heavy atom. The predicted octanol–water partition coefficient (Wildman–Crippen LogP) is 0.424. The number of nitrogens with one attached hydrogen (secondary N) is 1. The van der Waals surface area contributed by atoms with Crippen molar-refractivity contribution in [2.45, 2.75) is 19.6 Å². The highest BCUT2D eigenvalue weighted by Gasteiger charge is 2.20. The largest absolute Gasteiger partial charge is 0.635 e. The van der Waals surface area contributed by atoms with E-state index < -0.39 is 13.5 Å². The zero-order chi connectivity index (χ0) is 13.8. The van der Waals surface area contributed by atoms with Crippen LogP contribution in [-0.2, 0) is 15.9 Å². The van der Waals surface area contributed by atoms with Gasteiger partial charge in [-0.2, -0.15) is 0 Å². The summed E-state index contributed by atoms with van der Waals surface area (Å²) in [6.45, 7) is 1.33. The second kappa shape index (κ2) is 5.88. The molecule has 0 radical (unpaired) electrons. The number of carbonyl (C=O) groups excluding carboxylic acids is 1. The van der Waals surface area contributed by atoms with E-state index in [2.05, 4.69) is 5.32 Å². The quantitative estimate of drug-likeness (QED) is 0.537. The number of para-hydroxylation sites is 1. The summed E-state index contributed by atoms with van der Waals surface area (Å²) in [6.07, 6.45) is 0.999. The van der Waals surface area contributed by atoms with E-state index in [1.54, 1.807) is 6.26 Å². The molecule has 0 spiro atoms. The minimum Gasteiger partial charge on any atom is -0.464 e. The fourth-order valence-corrected chi connectivity index (χ4v) is 1.90. The molecule has 1 atom stereocenters. The van der Waals surface area contributed by atoms with Crippen molar-refractivity contribution in [3.63, 3.8) is 0 Å². The highest BCUT2D eigenvalue weighted by Crippen LogP contribution is 2.22. The van der Waals surface area contributed by atoms with E-state index in [4.69, 9.17) is 19.1 Å². The molecule has 7 heteroatoms. The van der Waals surface area contributed by atoms with Crippen LogP contribution >= 0.6 is 0 Å². The van der Waals surface area contributed by atoms with Crippen LogP contribution in [0.5, 0.6) is 0 Å². The van der Waals surface area contributed by atoms with Gasteiger partial charge < -0.3 is 24.4 Å². The van der Waals surface area contributed by atoms with E-state index in [1.807, 2.05) is 24.3 Å². The minimum atomic E-state index is -1.95. The number of hydrogen-bond donors (Lipinski definition) is 3. The molecule has 0 aliphatic carbocycles. The number of benzene rings is 1. The molecule has 3 N–H and O–H groups in total. The summed E-state index contributed by atoms with van der Waals surface area (Å²) < 4.78 is 10.2. The number of hydrogen-bond acceptors (Lipinski definition) is 5. The monoisotopic (exact) mass is 263 g/mol. The van der Waals surface area contributed by atoms with E-state index in [9.17, 15) is 4.79 Å². The Bertz CT molecular complexity index is 568. The van der Waals surface area contributed by atoms with Crippen LogP contribution in [0.25, 0.3) is 11.0 Å². The molecule has 0 aliphatic heterocycles. The molecule has 0 aliphatic rings. The molecule has 2 aromatic rings. The molecular weight excluding hydrogens is 249 g/mol. The maximum Gasteiger partial charge on any atom is 0.635 e. The van der Waals surface area contributed by atoms with E-state index in [1.165, 1.54) is 6.92 Å². The SMILES string of the molecule is CC(=O)N[C@@H](Cc1coc2ccccc12)OB(O)O. The lowest BCUT2D eigenvalue weighted by atomic mass is 10.1. The molecule has 0 fully saturated rings. The van der Waals surface area contributed by atoms with Gasteiger partial charge >= 0.3 is 7.32 Å². The summed E-state index contributed by atoms with van der Waals surface area (Å²) in [4.78, 5) is 11.0. The van der Waals surface area contributed by atoms with Crippen molar-refractivity contribution >= 4 is 24.2 Å². The molecule has 0 saturated carbocycles. The third-order valence-electron chi connectivity index (χ3n) is 2.62. The Labute approximate surface area is 110 Å². The molecule has 1 amide bonds. The molecule has 0 saturated heterocycles. The van der Waals surface area contributed by atoms with E-state index in [-0.39, 0.29) is 12.3 Å². The van der Waals surface area contributed by atoms with Crippen molar-refractivity contribution in [1.82, 2.24) is 5.32 Å². The van der Waals surface area contributed by atoms with Crippen molar-refractivity contribution in [3.05, 3.63) is 36.1 Å². The van der Waals surface area contributed by atoms with Crippen LogP contribution in [0.3, 0.4) is 0 Å². The summed E-state index contributed by atoms with van der Waals surface area (Å²) in [6, 6.07) is 7.44. The van der Waals surface area contributed by atoms with Crippen molar-refractivity contribution in [2.75, 3.05) is 0 Å². The summed E-state index contributed by atoms with van der Waals surface area (Å²) >= 11 is 0. The molecule has 1 aromatic carbocycles. The highest BCUT2D eigenvalue weighted by molar-refractivity contribution is 6.32. The molecule has 1 aromatic heterocycles. The Kier molecular flexibility index (Phi) is 4.21. The second-order valence-corrected chi connectivity index (χ2v) is 4.11. The van der Waals surface area contributed by atoms with E-state index in [0.29, 0.717) is 0 Å². The topological polar surface area (TPSA) is 91.9 Å². The van der Waals surface area contributed by atoms with Crippen LogP contribution in [0.15, 0.2) is 34.9 Å². The maximum atomic E-state index is 11.0. The minimum absolute atomic E-state index is 0.272. The van der Waals surface area contributed by atoms with Gasteiger partial charge in [-0.05, 0) is 6.07 Å². The normalized spacial score (nSPS) is 12.4. The van der Waals surface area contributed by atoms with Crippen LogP contribution in [0.1, 0.15) is 12.5 Å². The second-order valence-electron chi connectivity index (χ2n) is 4.11. The van der Waals surface area contributed by atoms with Gasteiger partial charge in [-0.1, -0.05) is 18.2 Å². The molecule has 0 bridgehead atoms. The van der Waals surface area contributed by atoms with Gasteiger partial charge in [-0.25, -0.2) is 0 Å². The number of fused-ring (bicyclic) bond motifs is 1. The van der Waals surface area contributed by atoms with E-state index in [0.717, 1.165) is 16.5 Å². The molecular formula is C12H14BNO5. The van der Waals surface area contributed by atoms with Crippen LogP contribution in [0.4, 0.5) is 0 Å². The Morgan fingerprint density at radius 1 is 1.47 bits per heavy atom. The van der Waals surface area contributed by atoms with Crippen LogP contribution in [0, 0.1) is 0 Å². The first kappa shape index (κ1) is 13.6. The van der Waals surface area contributed by atoms with Crippen molar-refractivity contribution in [1.29, 1.82) is 0 Å². The molecule has 100 valence electrons. The first-order valence-electron chi connectivity index (χ1n) is 5.80. The Morgan fingerprint density at radius 3 is 2.89 bits per heavy atom. The first-order valence-corrected chi connectivity index (χ1v) is 5.80. The zero-order valence-electron chi connectivity index (χ0n) is 10.4. The Balaban J connectivity index is 2.18. The van der Waals surface area contributed by atoms with Crippen molar-refractivity contribution < 1.29 is 23.9 Å². The van der Waals surface area contributed by atoms with Gasteiger partial charge in [0.05, 0.1) is 6.26 Å². The van der Waals surface area contributed by atoms with Crippen molar-refractivity contribution in [2.24, 2.45) is 0 Å². The van der Waals surface area contributed by atoms with Crippen LogP contribution in [-0.4, -0.2) is 29.5 Å². The smallest absolute Gasteiger partial charge is 0.464 e. The van der Waals surface area contributed by atoms with Gasteiger partial charge in [0.15, 0.2) is 0 Å². The number of rotatable bonds is 5. The molecule has 0 unspecified atom stereocenters. The van der Waals surface area contributed by atoms with E-state index >= 15 is 0 Å². The lowest BCUT2D eigenvalue weighted by Crippen LogP contribution is -2.41. The molecule has 19 heavy (non-hydrogen) atoms. The lowest BCUT2D eigenvalue weighted by molar-refractivity contribution is -0.121.